The monoisotopic (exact) mass is 389 g/mol. The predicted octanol–water partition coefficient (Wildman–Crippen LogP) is 3.10. The molecule has 0 bridgehead atoms. The lowest BCUT2D eigenvalue weighted by atomic mass is 10.1. The van der Waals surface area contributed by atoms with Crippen LogP contribution in [0.25, 0.3) is 0 Å². The van der Waals surface area contributed by atoms with Crippen molar-refractivity contribution in [2.75, 3.05) is 32.6 Å². The van der Waals surface area contributed by atoms with Crippen molar-refractivity contribution >= 4 is 29.1 Å². The topological polar surface area (TPSA) is 70.7 Å². The van der Waals surface area contributed by atoms with Gasteiger partial charge in [0.1, 0.15) is 5.75 Å². The Labute approximate surface area is 164 Å². The third-order valence-corrected chi connectivity index (χ3v) is 4.34. The lowest BCUT2D eigenvalue weighted by Gasteiger charge is -2.20. The zero-order chi connectivity index (χ0) is 19.8. The SMILES string of the molecule is COc1ccc(Cl)cc1NC(=O)CN(C)C(=O)CN[C@@H](C)c1ccccc1. The van der Waals surface area contributed by atoms with Gasteiger partial charge in [-0.2, -0.15) is 0 Å². The molecular weight excluding hydrogens is 366 g/mol. The second kappa shape index (κ2) is 9.94. The Morgan fingerprint density at radius 1 is 1.19 bits per heavy atom. The molecule has 7 heteroatoms. The molecule has 0 aliphatic rings. The molecule has 0 aliphatic heterocycles. The van der Waals surface area contributed by atoms with E-state index in [2.05, 4.69) is 10.6 Å². The van der Waals surface area contributed by atoms with Crippen LogP contribution in [0.2, 0.25) is 5.02 Å². The summed E-state index contributed by atoms with van der Waals surface area (Å²) >= 11 is 5.96. The number of carbonyl (C=O) groups is 2. The maximum atomic E-state index is 12.3. The first kappa shape index (κ1) is 20.7. The van der Waals surface area contributed by atoms with E-state index in [1.165, 1.54) is 12.0 Å². The number of likely N-dealkylation sites (N-methyl/N-ethyl adjacent to an activating group) is 1. The largest absolute Gasteiger partial charge is 0.495 e. The Balaban J connectivity index is 1.85. The minimum atomic E-state index is -0.331. The van der Waals surface area contributed by atoms with Crippen molar-refractivity contribution in [3.8, 4) is 5.75 Å². The molecule has 0 fully saturated rings. The van der Waals surface area contributed by atoms with Crippen LogP contribution in [0, 0.1) is 0 Å². The zero-order valence-corrected chi connectivity index (χ0v) is 16.4. The molecule has 27 heavy (non-hydrogen) atoms. The molecule has 6 nitrogen and oxygen atoms in total. The van der Waals surface area contributed by atoms with Crippen LogP contribution in [0.3, 0.4) is 0 Å². The van der Waals surface area contributed by atoms with Crippen LogP contribution in [0.15, 0.2) is 48.5 Å². The molecule has 0 saturated heterocycles. The van der Waals surface area contributed by atoms with E-state index in [0.29, 0.717) is 16.5 Å². The number of benzene rings is 2. The molecule has 2 aromatic carbocycles. The van der Waals surface area contributed by atoms with Crippen LogP contribution in [-0.4, -0.2) is 44.0 Å². The summed E-state index contributed by atoms with van der Waals surface area (Å²) in [6, 6.07) is 14.8. The normalized spacial score (nSPS) is 11.6. The van der Waals surface area contributed by atoms with Gasteiger partial charge in [0.2, 0.25) is 11.8 Å². The number of halogens is 1. The van der Waals surface area contributed by atoms with Crippen LogP contribution in [0.4, 0.5) is 5.69 Å². The number of rotatable bonds is 8. The van der Waals surface area contributed by atoms with E-state index in [1.807, 2.05) is 37.3 Å². The first-order chi connectivity index (χ1) is 12.9. The number of amides is 2. The fourth-order valence-electron chi connectivity index (χ4n) is 2.51. The Morgan fingerprint density at radius 3 is 2.56 bits per heavy atom. The molecule has 0 spiro atoms. The maximum absolute atomic E-state index is 12.3. The van der Waals surface area contributed by atoms with Crippen molar-refractivity contribution < 1.29 is 14.3 Å². The lowest BCUT2D eigenvalue weighted by molar-refractivity contribution is -0.132. The van der Waals surface area contributed by atoms with Crippen molar-refractivity contribution in [3.63, 3.8) is 0 Å². The molecule has 0 aromatic heterocycles. The van der Waals surface area contributed by atoms with E-state index in [-0.39, 0.29) is 30.9 Å². The van der Waals surface area contributed by atoms with Crippen molar-refractivity contribution in [3.05, 3.63) is 59.1 Å². The summed E-state index contributed by atoms with van der Waals surface area (Å²) in [6.45, 7) is 2.05. The average molecular weight is 390 g/mol. The van der Waals surface area contributed by atoms with E-state index >= 15 is 0 Å². The van der Waals surface area contributed by atoms with Gasteiger partial charge < -0.3 is 20.3 Å². The molecule has 0 saturated carbocycles. The quantitative estimate of drug-likeness (QED) is 0.727. The van der Waals surface area contributed by atoms with Gasteiger partial charge in [0, 0.05) is 18.1 Å². The summed E-state index contributed by atoms with van der Waals surface area (Å²) < 4.78 is 5.20. The average Bonchev–Trinajstić information content (AvgIpc) is 2.66. The first-order valence-electron chi connectivity index (χ1n) is 8.56. The summed E-state index contributed by atoms with van der Waals surface area (Å²) in [7, 11) is 3.10. The van der Waals surface area contributed by atoms with Gasteiger partial charge in [0.15, 0.2) is 0 Å². The number of hydrogen-bond acceptors (Lipinski definition) is 4. The summed E-state index contributed by atoms with van der Waals surface area (Å²) in [4.78, 5) is 25.9. The van der Waals surface area contributed by atoms with E-state index < -0.39 is 0 Å². The molecule has 2 N–H and O–H groups in total. The fourth-order valence-corrected chi connectivity index (χ4v) is 2.68. The van der Waals surface area contributed by atoms with Crippen molar-refractivity contribution in [2.24, 2.45) is 0 Å². The summed E-state index contributed by atoms with van der Waals surface area (Å²) in [5, 5.41) is 6.37. The third-order valence-electron chi connectivity index (χ3n) is 4.10. The summed E-state index contributed by atoms with van der Waals surface area (Å²) in [5.41, 5.74) is 1.56. The van der Waals surface area contributed by atoms with Crippen molar-refractivity contribution in [1.82, 2.24) is 10.2 Å². The Kier molecular flexibility index (Phi) is 7.64. The molecule has 144 valence electrons. The number of carbonyl (C=O) groups excluding carboxylic acids is 2. The minimum Gasteiger partial charge on any atom is -0.495 e. The van der Waals surface area contributed by atoms with Crippen molar-refractivity contribution in [1.29, 1.82) is 0 Å². The highest BCUT2D eigenvalue weighted by Crippen LogP contribution is 2.27. The molecule has 0 unspecified atom stereocenters. The Hall–Kier alpha value is -2.57. The number of anilines is 1. The number of ether oxygens (including phenoxy) is 1. The number of nitrogens with zero attached hydrogens (tertiary/aromatic N) is 1. The molecule has 2 amide bonds. The van der Waals surface area contributed by atoms with Gasteiger partial charge in [-0.1, -0.05) is 41.9 Å². The van der Waals surface area contributed by atoms with Crippen LogP contribution in [0.5, 0.6) is 5.75 Å². The smallest absolute Gasteiger partial charge is 0.244 e. The maximum Gasteiger partial charge on any atom is 0.244 e. The van der Waals surface area contributed by atoms with Gasteiger partial charge >= 0.3 is 0 Å². The standard InChI is InChI=1S/C20H24ClN3O3/c1-14(15-7-5-4-6-8-15)22-12-20(26)24(2)13-19(25)23-17-11-16(21)9-10-18(17)27-3/h4-11,14,22H,12-13H2,1-3H3,(H,23,25)/t14-/m0/s1. The highest BCUT2D eigenvalue weighted by Gasteiger charge is 2.15. The Morgan fingerprint density at radius 2 is 1.89 bits per heavy atom. The van der Waals surface area contributed by atoms with Crippen LogP contribution >= 0.6 is 11.6 Å². The molecule has 0 radical (unpaired) electrons. The van der Waals surface area contributed by atoms with Crippen LogP contribution in [0.1, 0.15) is 18.5 Å². The second-order valence-electron chi connectivity index (χ2n) is 6.16. The van der Waals surface area contributed by atoms with Gasteiger partial charge in [0.25, 0.3) is 0 Å². The molecular formula is C20H24ClN3O3. The fraction of sp³-hybridized carbons (Fsp3) is 0.300. The number of hydrogen-bond donors (Lipinski definition) is 2. The van der Waals surface area contributed by atoms with Crippen LogP contribution < -0.4 is 15.4 Å². The molecule has 0 aliphatic carbocycles. The first-order valence-corrected chi connectivity index (χ1v) is 8.94. The van der Waals surface area contributed by atoms with E-state index in [9.17, 15) is 9.59 Å². The second-order valence-corrected chi connectivity index (χ2v) is 6.59. The van der Waals surface area contributed by atoms with Gasteiger partial charge in [-0.15, -0.1) is 0 Å². The molecule has 0 heterocycles. The molecule has 2 rings (SSSR count). The lowest BCUT2D eigenvalue weighted by Crippen LogP contribution is -2.40. The molecule has 1 atom stereocenters. The highest BCUT2D eigenvalue weighted by molar-refractivity contribution is 6.31. The van der Waals surface area contributed by atoms with Gasteiger partial charge in [-0.05, 0) is 30.7 Å². The van der Waals surface area contributed by atoms with E-state index in [1.54, 1.807) is 25.2 Å². The van der Waals surface area contributed by atoms with Gasteiger partial charge in [0.05, 0.1) is 25.9 Å². The van der Waals surface area contributed by atoms with E-state index in [0.717, 1.165) is 5.56 Å². The van der Waals surface area contributed by atoms with Crippen LogP contribution in [-0.2, 0) is 9.59 Å². The summed E-state index contributed by atoms with van der Waals surface area (Å²) in [6.07, 6.45) is 0. The zero-order valence-electron chi connectivity index (χ0n) is 15.7. The van der Waals surface area contributed by atoms with E-state index in [4.69, 9.17) is 16.3 Å². The third kappa shape index (κ3) is 6.27. The Bertz CT molecular complexity index is 783. The number of methoxy groups -OCH3 is 1. The van der Waals surface area contributed by atoms with Gasteiger partial charge in [-0.25, -0.2) is 0 Å². The highest BCUT2D eigenvalue weighted by atomic mass is 35.5. The minimum absolute atomic E-state index is 0.0353. The van der Waals surface area contributed by atoms with Crippen molar-refractivity contribution in [2.45, 2.75) is 13.0 Å². The molecule has 2 aromatic rings. The summed E-state index contributed by atoms with van der Waals surface area (Å²) in [5.74, 6) is -0.00593. The number of nitrogens with one attached hydrogen (secondary N) is 2. The predicted molar refractivity (Wildman–Crippen MR) is 107 cm³/mol. The van der Waals surface area contributed by atoms with Gasteiger partial charge in [-0.3, -0.25) is 9.59 Å².